The fourth-order valence-corrected chi connectivity index (χ4v) is 4.82. The van der Waals surface area contributed by atoms with Gasteiger partial charge < -0.3 is 21.1 Å². The summed E-state index contributed by atoms with van der Waals surface area (Å²) in [6, 6.07) is 6.11. The van der Waals surface area contributed by atoms with E-state index in [1.165, 1.54) is 6.42 Å². The number of carbonyl (C=O) groups excluding carboxylic acids is 3. The Kier molecular flexibility index (Phi) is 5.37. The highest BCUT2D eigenvalue weighted by atomic mass is 16.5. The number of fused-ring (bicyclic) bond motifs is 2. The highest BCUT2D eigenvalue weighted by molar-refractivity contribution is 5.91. The first kappa shape index (κ1) is 20.2. The second-order valence-corrected chi connectivity index (χ2v) is 8.72. The fourth-order valence-electron chi connectivity index (χ4n) is 4.82. The van der Waals surface area contributed by atoms with Gasteiger partial charge in [0.05, 0.1) is 5.56 Å². The van der Waals surface area contributed by atoms with E-state index in [0.717, 1.165) is 18.4 Å². The van der Waals surface area contributed by atoms with Crippen molar-refractivity contribution in [3.63, 3.8) is 0 Å². The normalized spacial score (nSPS) is 27.2. The molecule has 1 aromatic rings. The van der Waals surface area contributed by atoms with Crippen molar-refractivity contribution in [2.45, 2.75) is 52.6 Å². The number of benzene rings is 1. The van der Waals surface area contributed by atoms with Crippen LogP contribution < -0.4 is 16.4 Å². The number of esters is 1. The van der Waals surface area contributed by atoms with E-state index in [1.807, 2.05) is 0 Å². The van der Waals surface area contributed by atoms with Crippen molar-refractivity contribution >= 4 is 17.9 Å². The lowest BCUT2D eigenvalue weighted by molar-refractivity contribution is -0.126. The first-order valence-electron chi connectivity index (χ1n) is 9.72. The highest BCUT2D eigenvalue weighted by Gasteiger charge is 2.61. The standard InChI is InChI=1S/C21H29N3O4/c1-20(2)15-8-9-21(20,3)16(10-15)24-17(25)12-28-18(26)14-6-4-13(5-7-14)11-23-19(22)27/h4-7,15-16H,8-12H2,1-3H3,(H,24,25)(H3,22,23,27)/t15-,16-,21-/m0/s1. The van der Waals surface area contributed by atoms with Gasteiger partial charge in [-0.1, -0.05) is 32.9 Å². The van der Waals surface area contributed by atoms with E-state index in [1.54, 1.807) is 24.3 Å². The summed E-state index contributed by atoms with van der Waals surface area (Å²) in [6.07, 6.45) is 3.33. The van der Waals surface area contributed by atoms with Gasteiger partial charge in [0.15, 0.2) is 6.61 Å². The molecule has 3 atom stereocenters. The zero-order valence-corrected chi connectivity index (χ0v) is 16.7. The van der Waals surface area contributed by atoms with E-state index >= 15 is 0 Å². The van der Waals surface area contributed by atoms with Gasteiger partial charge in [-0.15, -0.1) is 0 Å². The Morgan fingerprint density at radius 3 is 2.39 bits per heavy atom. The Hall–Kier alpha value is -2.57. The Labute approximate surface area is 165 Å². The number of primary amides is 1. The van der Waals surface area contributed by atoms with Crippen molar-refractivity contribution in [1.82, 2.24) is 10.6 Å². The minimum atomic E-state index is -0.609. The van der Waals surface area contributed by atoms with Crippen LogP contribution in [0.2, 0.25) is 0 Å². The molecule has 0 saturated heterocycles. The molecule has 28 heavy (non-hydrogen) atoms. The van der Waals surface area contributed by atoms with Crippen molar-refractivity contribution in [3.8, 4) is 0 Å². The summed E-state index contributed by atoms with van der Waals surface area (Å²) in [5, 5.41) is 5.56. The van der Waals surface area contributed by atoms with Crippen molar-refractivity contribution in [1.29, 1.82) is 0 Å². The summed E-state index contributed by atoms with van der Waals surface area (Å²) >= 11 is 0. The first-order chi connectivity index (χ1) is 13.1. The van der Waals surface area contributed by atoms with Crippen LogP contribution in [0.4, 0.5) is 4.79 Å². The topological polar surface area (TPSA) is 111 Å². The fraction of sp³-hybridized carbons (Fsp3) is 0.571. The molecule has 7 nitrogen and oxygen atoms in total. The molecule has 3 rings (SSSR count). The largest absolute Gasteiger partial charge is 0.452 e. The number of nitrogens with two attached hydrogens (primary N) is 1. The summed E-state index contributed by atoms with van der Waals surface area (Å²) in [7, 11) is 0. The maximum absolute atomic E-state index is 12.3. The van der Waals surface area contributed by atoms with E-state index in [-0.39, 0.29) is 35.9 Å². The van der Waals surface area contributed by atoms with Crippen LogP contribution in [0.15, 0.2) is 24.3 Å². The molecule has 7 heteroatoms. The van der Waals surface area contributed by atoms with Gasteiger partial charge in [0.1, 0.15) is 0 Å². The summed E-state index contributed by atoms with van der Waals surface area (Å²) in [5.41, 5.74) is 6.49. The Bertz CT molecular complexity index is 774. The van der Waals surface area contributed by atoms with Gasteiger partial charge >= 0.3 is 12.0 Å². The molecule has 2 aliphatic carbocycles. The van der Waals surface area contributed by atoms with E-state index in [2.05, 4.69) is 31.4 Å². The van der Waals surface area contributed by atoms with Crippen LogP contribution in [0.5, 0.6) is 0 Å². The molecule has 152 valence electrons. The van der Waals surface area contributed by atoms with Crippen LogP contribution in [0.1, 0.15) is 56.0 Å². The number of rotatable bonds is 6. The molecule has 0 spiro atoms. The number of hydrogen-bond donors (Lipinski definition) is 3. The van der Waals surface area contributed by atoms with E-state index in [9.17, 15) is 14.4 Å². The van der Waals surface area contributed by atoms with Gasteiger partial charge in [-0.25, -0.2) is 9.59 Å². The lowest BCUT2D eigenvalue weighted by atomic mass is 9.69. The number of carbonyl (C=O) groups is 3. The molecule has 2 bridgehead atoms. The quantitative estimate of drug-likeness (QED) is 0.651. The molecular weight excluding hydrogens is 358 g/mol. The molecule has 0 unspecified atom stereocenters. The van der Waals surface area contributed by atoms with Gasteiger partial charge in [0.25, 0.3) is 5.91 Å². The summed E-state index contributed by atoms with van der Waals surface area (Å²) in [4.78, 5) is 35.2. The van der Waals surface area contributed by atoms with E-state index < -0.39 is 12.0 Å². The van der Waals surface area contributed by atoms with Crippen LogP contribution in [0.3, 0.4) is 0 Å². The van der Waals surface area contributed by atoms with E-state index in [0.29, 0.717) is 11.5 Å². The lowest BCUT2D eigenvalue weighted by Gasteiger charge is -2.39. The maximum Gasteiger partial charge on any atom is 0.338 e. The first-order valence-corrected chi connectivity index (χ1v) is 9.72. The number of nitrogens with one attached hydrogen (secondary N) is 2. The molecule has 4 N–H and O–H groups in total. The smallest absolute Gasteiger partial charge is 0.338 e. The average Bonchev–Trinajstić information content (AvgIpc) is 2.98. The van der Waals surface area contributed by atoms with Gasteiger partial charge in [0.2, 0.25) is 0 Å². The number of urea groups is 1. The molecule has 0 aliphatic heterocycles. The minimum absolute atomic E-state index is 0.0894. The molecule has 2 aliphatic rings. The Morgan fingerprint density at radius 2 is 1.86 bits per heavy atom. The number of amides is 3. The number of hydrogen-bond acceptors (Lipinski definition) is 4. The highest BCUT2D eigenvalue weighted by Crippen LogP contribution is 2.65. The molecular formula is C21H29N3O4. The van der Waals surface area contributed by atoms with Crippen molar-refractivity contribution in [2.24, 2.45) is 22.5 Å². The monoisotopic (exact) mass is 387 g/mol. The lowest BCUT2D eigenvalue weighted by Crippen LogP contribution is -2.48. The van der Waals surface area contributed by atoms with Crippen LogP contribution in [0.25, 0.3) is 0 Å². The van der Waals surface area contributed by atoms with Gasteiger partial charge in [0, 0.05) is 12.6 Å². The minimum Gasteiger partial charge on any atom is -0.452 e. The summed E-state index contributed by atoms with van der Waals surface area (Å²) < 4.78 is 5.16. The predicted molar refractivity (Wildman–Crippen MR) is 104 cm³/mol. The molecule has 1 aromatic carbocycles. The van der Waals surface area contributed by atoms with Gasteiger partial charge in [-0.2, -0.15) is 0 Å². The molecule has 0 radical (unpaired) electrons. The third-order valence-electron chi connectivity index (χ3n) is 7.12. The average molecular weight is 387 g/mol. The molecule has 2 saturated carbocycles. The van der Waals surface area contributed by atoms with E-state index in [4.69, 9.17) is 10.5 Å². The van der Waals surface area contributed by atoms with Gasteiger partial charge in [-0.3, -0.25) is 4.79 Å². The van der Waals surface area contributed by atoms with Crippen molar-refractivity contribution < 1.29 is 19.1 Å². The third kappa shape index (κ3) is 3.70. The molecule has 3 amide bonds. The van der Waals surface area contributed by atoms with Crippen LogP contribution in [0, 0.1) is 16.7 Å². The van der Waals surface area contributed by atoms with Crippen LogP contribution in [-0.4, -0.2) is 30.6 Å². The number of ether oxygens (including phenoxy) is 1. The van der Waals surface area contributed by atoms with Crippen LogP contribution in [-0.2, 0) is 16.1 Å². The molecule has 2 fully saturated rings. The zero-order valence-electron chi connectivity index (χ0n) is 16.7. The zero-order chi connectivity index (χ0) is 20.5. The summed E-state index contributed by atoms with van der Waals surface area (Å²) in [5.74, 6) is -0.179. The Balaban J connectivity index is 1.48. The third-order valence-corrected chi connectivity index (χ3v) is 7.12. The molecule has 0 aromatic heterocycles. The Morgan fingerprint density at radius 1 is 1.18 bits per heavy atom. The van der Waals surface area contributed by atoms with Gasteiger partial charge in [-0.05, 0) is 53.7 Å². The second-order valence-electron chi connectivity index (χ2n) is 8.72. The predicted octanol–water partition coefficient (Wildman–Crippen LogP) is 2.34. The molecule has 0 heterocycles. The summed E-state index contributed by atoms with van der Waals surface area (Å²) in [6.45, 7) is 6.83. The SMILES string of the molecule is CC1(C)[C@H]2CC[C@@]1(C)[C@@H](NC(=O)COC(=O)c1ccc(CNC(N)=O)cc1)C2. The van der Waals surface area contributed by atoms with Crippen molar-refractivity contribution in [3.05, 3.63) is 35.4 Å². The van der Waals surface area contributed by atoms with Crippen LogP contribution >= 0.6 is 0 Å². The second kappa shape index (κ2) is 7.45. The van der Waals surface area contributed by atoms with Crippen molar-refractivity contribution in [2.75, 3.05) is 6.61 Å². The maximum atomic E-state index is 12.3.